The molecule has 4 heterocycles. The van der Waals surface area contributed by atoms with Crippen LogP contribution in [0.15, 0.2) is 42.7 Å². The first-order valence-electron chi connectivity index (χ1n) is 15.0. The van der Waals surface area contributed by atoms with Gasteiger partial charge in [0.15, 0.2) is 0 Å². The van der Waals surface area contributed by atoms with Gasteiger partial charge < -0.3 is 25.1 Å². The first-order chi connectivity index (χ1) is 20.4. The minimum absolute atomic E-state index is 0.0213. The number of hydrogen-bond acceptors (Lipinski definition) is 6. The van der Waals surface area contributed by atoms with E-state index in [1.807, 2.05) is 47.4 Å². The second-order valence-electron chi connectivity index (χ2n) is 11.7. The fraction of sp³-hybridized carbons (Fsp3) is 0.469. The molecule has 1 aliphatic heterocycles. The number of carbonyl (C=O) groups excluding carboxylic acids is 2. The number of thiophene rings is 1. The van der Waals surface area contributed by atoms with Gasteiger partial charge in [-0.2, -0.15) is 5.10 Å². The summed E-state index contributed by atoms with van der Waals surface area (Å²) in [7, 11) is 1.67. The number of amides is 2. The highest BCUT2D eigenvalue weighted by molar-refractivity contribution is 7.17. The Balaban J connectivity index is 1.19. The van der Waals surface area contributed by atoms with Gasteiger partial charge in [0.25, 0.3) is 5.91 Å². The van der Waals surface area contributed by atoms with E-state index in [0.717, 1.165) is 84.1 Å². The van der Waals surface area contributed by atoms with Gasteiger partial charge in [0.2, 0.25) is 5.91 Å². The Bertz CT molecular complexity index is 1560. The third kappa shape index (κ3) is 6.02. The van der Waals surface area contributed by atoms with Gasteiger partial charge in [-0.3, -0.25) is 9.59 Å². The number of aromatic amines is 1. The lowest BCUT2D eigenvalue weighted by Crippen LogP contribution is -2.35. The number of methoxy groups -OCH3 is 1. The minimum atomic E-state index is -0.326. The Morgan fingerprint density at radius 2 is 2.00 bits per heavy atom. The quantitative estimate of drug-likeness (QED) is 0.192. The SMILES string of the molecule is COCCc1c(NC(=O)c2ccc(-c3cnn(C4CCCCO4)c3)s2)[nH]c2cc(NC(=O)C3(C)CCCCC3)ccc12. The van der Waals surface area contributed by atoms with Gasteiger partial charge in [0.05, 0.1) is 17.7 Å². The van der Waals surface area contributed by atoms with Crippen molar-refractivity contribution in [1.29, 1.82) is 0 Å². The van der Waals surface area contributed by atoms with Gasteiger partial charge in [-0.05, 0) is 62.8 Å². The summed E-state index contributed by atoms with van der Waals surface area (Å²) in [6.45, 7) is 3.35. The molecule has 4 aromatic rings. The largest absolute Gasteiger partial charge is 0.384 e. The Labute approximate surface area is 250 Å². The van der Waals surface area contributed by atoms with Crippen molar-refractivity contribution in [2.75, 3.05) is 31.0 Å². The van der Waals surface area contributed by atoms with Gasteiger partial charge in [-0.15, -0.1) is 11.3 Å². The Kier molecular flexibility index (Phi) is 8.46. The topological polar surface area (TPSA) is 110 Å². The molecule has 10 heteroatoms. The van der Waals surface area contributed by atoms with Gasteiger partial charge in [0, 0.05) is 57.9 Å². The summed E-state index contributed by atoms with van der Waals surface area (Å²) in [5.41, 5.74) is 3.22. The lowest BCUT2D eigenvalue weighted by molar-refractivity contribution is -0.126. The molecule has 3 aromatic heterocycles. The van der Waals surface area contributed by atoms with E-state index < -0.39 is 0 Å². The molecule has 0 radical (unpaired) electrons. The lowest BCUT2D eigenvalue weighted by Gasteiger charge is -2.32. The molecule has 3 N–H and O–H groups in total. The zero-order valence-corrected chi connectivity index (χ0v) is 25.1. The molecular formula is C32H39N5O4S. The van der Waals surface area contributed by atoms with Crippen LogP contribution in [0.4, 0.5) is 11.5 Å². The third-order valence-corrected chi connectivity index (χ3v) is 9.76. The number of ether oxygens (including phenoxy) is 2. The number of carbonyl (C=O) groups is 2. The van der Waals surface area contributed by atoms with Crippen LogP contribution in [0.25, 0.3) is 21.3 Å². The van der Waals surface area contributed by atoms with Crippen molar-refractivity contribution in [2.45, 2.75) is 70.9 Å². The molecule has 0 bridgehead atoms. The number of hydrogen-bond donors (Lipinski definition) is 3. The molecule has 2 amide bonds. The van der Waals surface area contributed by atoms with Crippen LogP contribution in [-0.2, 0) is 20.7 Å². The molecule has 222 valence electrons. The van der Waals surface area contributed by atoms with Crippen LogP contribution in [0.1, 0.15) is 79.8 Å². The smallest absolute Gasteiger partial charge is 0.266 e. The minimum Gasteiger partial charge on any atom is -0.384 e. The fourth-order valence-corrected chi connectivity index (χ4v) is 6.97. The summed E-state index contributed by atoms with van der Waals surface area (Å²) in [5, 5.41) is 11.7. The van der Waals surface area contributed by atoms with Crippen LogP contribution < -0.4 is 10.6 Å². The maximum atomic E-state index is 13.4. The molecule has 1 unspecified atom stereocenters. The van der Waals surface area contributed by atoms with E-state index in [1.54, 1.807) is 7.11 Å². The number of nitrogens with one attached hydrogen (secondary N) is 3. The van der Waals surface area contributed by atoms with Gasteiger partial charge in [0.1, 0.15) is 12.0 Å². The van der Waals surface area contributed by atoms with E-state index in [9.17, 15) is 9.59 Å². The average Bonchev–Trinajstić information content (AvgIpc) is 3.76. The van der Waals surface area contributed by atoms with Crippen LogP contribution in [0.5, 0.6) is 0 Å². The van der Waals surface area contributed by atoms with E-state index in [-0.39, 0.29) is 23.5 Å². The van der Waals surface area contributed by atoms with Crippen LogP contribution in [0.2, 0.25) is 0 Å². The van der Waals surface area contributed by atoms with Gasteiger partial charge in [-0.25, -0.2) is 4.68 Å². The second kappa shape index (κ2) is 12.4. The number of H-pyrrole nitrogens is 1. The molecule has 1 saturated carbocycles. The van der Waals surface area contributed by atoms with Crippen molar-refractivity contribution < 1.29 is 19.1 Å². The molecule has 2 fully saturated rings. The molecule has 6 rings (SSSR count). The van der Waals surface area contributed by atoms with Crippen molar-refractivity contribution in [3.05, 3.63) is 53.2 Å². The number of fused-ring (bicyclic) bond motifs is 1. The summed E-state index contributed by atoms with van der Waals surface area (Å²) in [4.78, 5) is 31.5. The Hall–Kier alpha value is -3.47. The summed E-state index contributed by atoms with van der Waals surface area (Å²) in [5.74, 6) is 0.539. The average molecular weight is 590 g/mol. The number of benzene rings is 1. The van der Waals surface area contributed by atoms with Crippen molar-refractivity contribution in [3.8, 4) is 10.4 Å². The Morgan fingerprint density at radius 1 is 1.14 bits per heavy atom. The predicted octanol–water partition coefficient (Wildman–Crippen LogP) is 7.14. The fourth-order valence-electron chi connectivity index (χ4n) is 6.09. The van der Waals surface area contributed by atoms with Crippen LogP contribution in [0.3, 0.4) is 0 Å². The van der Waals surface area contributed by atoms with E-state index in [1.165, 1.54) is 17.8 Å². The van der Waals surface area contributed by atoms with Gasteiger partial charge in [-0.1, -0.05) is 32.3 Å². The second-order valence-corrected chi connectivity index (χ2v) is 12.8. The molecule has 1 aromatic carbocycles. The van der Waals surface area contributed by atoms with E-state index in [4.69, 9.17) is 9.47 Å². The first-order valence-corrected chi connectivity index (χ1v) is 15.8. The summed E-state index contributed by atoms with van der Waals surface area (Å²) >= 11 is 1.43. The van der Waals surface area contributed by atoms with Crippen molar-refractivity contribution in [1.82, 2.24) is 14.8 Å². The molecule has 9 nitrogen and oxygen atoms in total. The normalized spacial score (nSPS) is 18.7. The van der Waals surface area contributed by atoms with Crippen LogP contribution >= 0.6 is 11.3 Å². The van der Waals surface area contributed by atoms with Crippen LogP contribution in [0, 0.1) is 5.41 Å². The van der Waals surface area contributed by atoms with Crippen LogP contribution in [-0.4, -0.2) is 46.9 Å². The van der Waals surface area contributed by atoms with Gasteiger partial charge >= 0.3 is 0 Å². The maximum Gasteiger partial charge on any atom is 0.266 e. The van der Waals surface area contributed by atoms with Crippen molar-refractivity contribution >= 4 is 45.6 Å². The van der Waals surface area contributed by atoms with Crippen molar-refractivity contribution in [2.24, 2.45) is 5.41 Å². The molecular weight excluding hydrogens is 550 g/mol. The molecule has 1 saturated heterocycles. The number of rotatable bonds is 9. The summed E-state index contributed by atoms with van der Waals surface area (Å²) in [6, 6.07) is 9.69. The molecule has 1 aliphatic carbocycles. The zero-order chi connectivity index (χ0) is 29.1. The van der Waals surface area contributed by atoms with E-state index in [0.29, 0.717) is 23.7 Å². The number of anilines is 2. The number of aromatic nitrogens is 3. The lowest BCUT2D eigenvalue weighted by atomic mass is 9.75. The van der Waals surface area contributed by atoms with Crippen molar-refractivity contribution in [3.63, 3.8) is 0 Å². The molecule has 1 atom stereocenters. The maximum absolute atomic E-state index is 13.4. The summed E-state index contributed by atoms with van der Waals surface area (Å²) in [6.07, 6.45) is 12.9. The molecule has 2 aliphatic rings. The standard InChI is InChI=1S/C32H39N5O4S/c1-32(14-5-3-6-15-32)31(39)34-22-9-10-23-24(13-17-40-2)29(35-25(23)18-22)36-30(38)27-12-11-26(42-27)21-19-33-37(20-21)28-8-4-7-16-41-28/h9-12,18-20,28,35H,3-8,13-17H2,1-2H3,(H,34,39)(H,36,38). The Morgan fingerprint density at radius 3 is 2.79 bits per heavy atom. The van der Waals surface area contributed by atoms with E-state index in [2.05, 4.69) is 27.6 Å². The monoisotopic (exact) mass is 589 g/mol. The molecule has 42 heavy (non-hydrogen) atoms. The van der Waals surface area contributed by atoms with E-state index >= 15 is 0 Å². The summed E-state index contributed by atoms with van der Waals surface area (Å²) < 4.78 is 13.1. The molecule has 0 spiro atoms. The third-order valence-electron chi connectivity index (χ3n) is 8.63. The number of nitrogens with zero attached hydrogens (tertiary/aromatic N) is 2. The predicted molar refractivity (Wildman–Crippen MR) is 166 cm³/mol. The first kappa shape index (κ1) is 28.6. The highest BCUT2D eigenvalue weighted by Gasteiger charge is 2.34. The zero-order valence-electron chi connectivity index (χ0n) is 24.3. The highest BCUT2D eigenvalue weighted by atomic mass is 32.1. The highest BCUT2D eigenvalue weighted by Crippen LogP contribution is 2.38.